The van der Waals surface area contributed by atoms with Gasteiger partial charge >= 0.3 is 0 Å². The summed E-state index contributed by atoms with van der Waals surface area (Å²) >= 11 is 0. The molecule has 1 amide bonds. The summed E-state index contributed by atoms with van der Waals surface area (Å²) in [5.41, 5.74) is 2.41. The Labute approximate surface area is 178 Å². The molecular formula is C22H33FN6O. The van der Waals surface area contributed by atoms with Gasteiger partial charge in [0.1, 0.15) is 11.9 Å². The highest BCUT2D eigenvalue weighted by Crippen LogP contribution is 2.32. The molecule has 4 atom stereocenters. The Morgan fingerprint density at radius 1 is 1.17 bits per heavy atom. The number of piperazine rings is 1. The third-order valence-corrected chi connectivity index (χ3v) is 7.35. The fraction of sp³-hybridized carbons (Fsp3) is 0.682. The van der Waals surface area contributed by atoms with Gasteiger partial charge < -0.3 is 15.5 Å². The predicted molar refractivity (Wildman–Crippen MR) is 115 cm³/mol. The van der Waals surface area contributed by atoms with E-state index in [4.69, 9.17) is 0 Å². The molecule has 7 nitrogen and oxygen atoms in total. The lowest BCUT2D eigenvalue weighted by molar-refractivity contribution is -0.123. The highest BCUT2D eigenvalue weighted by Gasteiger charge is 2.43. The number of piperidine rings is 1. The largest absolute Gasteiger partial charge is 0.373 e. The van der Waals surface area contributed by atoms with E-state index in [1.807, 2.05) is 6.92 Å². The number of nitrogens with zero attached hydrogens (tertiary/aromatic N) is 3. The highest BCUT2D eigenvalue weighted by molar-refractivity contribution is 5.88. The number of benzene rings is 1. The Hall–Kier alpha value is -1.74. The van der Waals surface area contributed by atoms with Gasteiger partial charge in [-0.1, -0.05) is 6.07 Å². The average molecular weight is 417 g/mol. The summed E-state index contributed by atoms with van der Waals surface area (Å²) in [5.74, 6) is -0.241. The topological polar surface area (TPSA) is 62.9 Å². The Morgan fingerprint density at radius 3 is 2.73 bits per heavy atom. The maximum absolute atomic E-state index is 14.2. The molecule has 0 saturated carbocycles. The molecular weight excluding hydrogens is 383 g/mol. The summed E-state index contributed by atoms with van der Waals surface area (Å²) in [6, 6.07) is 3.40. The molecule has 4 aliphatic heterocycles. The van der Waals surface area contributed by atoms with Crippen molar-refractivity contribution in [3.8, 4) is 0 Å². The van der Waals surface area contributed by atoms with Crippen LogP contribution in [0.4, 0.5) is 10.1 Å². The van der Waals surface area contributed by atoms with Crippen LogP contribution < -0.4 is 16.0 Å². The van der Waals surface area contributed by atoms with E-state index in [0.717, 1.165) is 63.5 Å². The van der Waals surface area contributed by atoms with E-state index in [1.54, 1.807) is 6.07 Å². The van der Waals surface area contributed by atoms with Crippen LogP contribution in [0.3, 0.4) is 0 Å². The van der Waals surface area contributed by atoms with Crippen LogP contribution in [0.5, 0.6) is 0 Å². The Bertz CT molecular complexity index is 780. The van der Waals surface area contributed by atoms with Crippen molar-refractivity contribution in [1.29, 1.82) is 0 Å². The summed E-state index contributed by atoms with van der Waals surface area (Å²) in [4.78, 5) is 20.5. The van der Waals surface area contributed by atoms with Crippen molar-refractivity contribution in [1.82, 2.24) is 25.3 Å². The first kappa shape index (κ1) is 20.2. The highest BCUT2D eigenvalue weighted by atomic mass is 19.1. The normalized spacial score (nSPS) is 32.5. The van der Waals surface area contributed by atoms with Crippen LogP contribution in [0.15, 0.2) is 12.1 Å². The molecule has 0 radical (unpaired) electrons. The van der Waals surface area contributed by atoms with Crippen LogP contribution >= 0.6 is 0 Å². The minimum Gasteiger partial charge on any atom is -0.373 e. The quantitative estimate of drug-likeness (QED) is 0.655. The lowest BCUT2D eigenvalue weighted by Gasteiger charge is -2.48. The van der Waals surface area contributed by atoms with Gasteiger partial charge in [-0.15, -0.1) is 0 Å². The number of nitrogens with one attached hydrogen (secondary N) is 3. The summed E-state index contributed by atoms with van der Waals surface area (Å²) in [6.07, 6.45) is 1.75. The molecule has 5 rings (SSSR count). The summed E-state index contributed by atoms with van der Waals surface area (Å²) < 4.78 is 14.2. The van der Waals surface area contributed by atoms with Crippen LogP contribution in [0, 0.1) is 12.7 Å². The van der Waals surface area contributed by atoms with Crippen molar-refractivity contribution in [3.63, 3.8) is 0 Å². The molecule has 0 aliphatic carbocycles. The molecule has 0 bridgehead atoms. The van der Waals surface area contributed by atoms with E-state index in [9.17, 15) is 9.18 Å². The molecule has 3 fully saturated rings. The van der Waals surface area contributed by atoms with Gasteiger partial charge in [0.15, 0.2) is 0 Å². The molecule has 4 heterocycles. The monoisotopic (exact) mass is 416 g/mol. The first-order valence-electron chi connectivity index (χ1n) is 11.2. The minimum atomic E-state index is -0.396. The molecule has 1 aromatic carbocycles. The van der Waals surface area contributed by atoms with E-state index >= 15 is 0 Å². The number of carbonyl (C=O) groups is 1. The van der Waals surface area contributed by atoms with Gasteiger partial charge in [-0.3, -0.25) is 19.9 Å². The molecule has 30 heavy (non-hydrogen) atoms. The van der Waals surface area contributed by atoms with E-state index in [-0.39, 0.29) is 17.8 Å². The Morgan fingerprint density at radius 2 is 1.97 bits per heavy atom. The number of aryl methyl sites for hydroxylation is 1. The fourth-order valence-electron chi connectivity index (χ4n) is 5.62. The second-order valence-electron chi connectivity index (χ2n) is 9.36. The second kappa shape index (κ2) is 8.07. The summed E-state index contributed by atoms with van der Waals surface area (Å²) in [6.45, 7) is 9.20. The van der Waals surface area contributed by atoms with Gasteiger partial charge in [0.2, 0.25) is 5.91 Å². The van der Waals surface area contributed by atoms with E-state index in [0.29, 0.717) is 24.2 Å². The summed E-state index contributed by atoms with van der Waals surface area (Å²) in [7, 11) is 2.18. The van der Waals surface area contributed by atoms with Gasteiger partial charge in [-0.2, -0.15) is 0 Å². The first-order valence-corrected chi connectivity index (χ1v) is 11.2. The molecule has 0 aromatic heterocycles. The first-order chi connectivity index (χ1) is 14.5. The molecule has 0 spiro atoms. The zero-order valence-corrected chi connectivity index (χ0v) is 18.0. The Balaban J connectivity index is 1.25. The van der Waals surface area contributed by atoms with Crippen LogP contribution in [-0.2, 0) is 11.2 Å². The van der Waals surface area contributed by atoms with Crippen molar-refractivity contribution in [3.05, 3.63) is 29.1 Å². The standard InChI is InChI=1S/C22H33FN6O/c1-14-3-4-17(23)16-12-18(26-20(14)16)22(30)25-15-11-19(21-24-5-6-29(21)13-15)28-9-7-27(2)8-10-28/h3-4,15,18-19,21,24,26H,5-13H2,1-2H3,(H,25,30). The van der Waals surface area contributed by atoms with Crippen molar-refractivity contribution in [2.75, 3.05) is 58.2 Å². The zero-order chi connectivity index (χ0) is 20.8. The number of carbonyl (C=O) groups excluding carboxylic acids is 1. The number of likely N-dealkylation sites (N-methyl/N-ethyl adjacent to an activating group) is 1. The van der Waals surface area contributed by atoms with Crippen LogP contribution in [0.2, 0.25) is 0 Å². The van der Waals surface area contributed by atoms with Crippen molar-refractivity contribution >= 4 is 11.6 Å². The van der Waals surface area contributed by atoms with E-state index in [1.165, 1.54) is 6.07 Å². The van der Waals surface area contributed by atoms with Crippen LogP contribution in [-0.4, -0.2) is 97.8 Å². The predicted octanol–water partition coefficient (Wildman–Crippen LogP) is 0.207. The molecule has 1 aromatic rings. The molecule has 164 valence electrons. The second-order valence-corrected chi connectivity index (χ2v) is 9.36. The molecule has 4 aliphatic rings. The summed E-state index contributed by atoms with van der Waals surface area (Å²) in [5, 5.41) is 10.2. The number of hydrogen-bond donors (Lipinski definition) is 3. The van der Waals surface area contributed by atoms with E-state index in [2.05, 4.69) is 37.7 Å². The van der Waals surface area contributed by atoms with Gasteiger partial charge in [-0.05, 0) is 32.0 Å². The van der Waals surface area contributed by atoms with Crippen molar-refractivity contribution in [2.45, 2.75) is 44.1 Å². The number of amides is 1. The Kier molecular flexibility index (Phi) is 5.43. The van der Waals surface area contributed by atoms with Gasteiger partial charge in [0, 0.05) is 75.6 Å². The number of anilines is 1. The average Bonchev–Trinajstić information content (AvgIpc) is 3.39. The van der Waals surface area contributed by atoms with Gasteiger partial charge in [0.25, 0.3) is 0 Å². The number of hydrogen-bond acceptors (Lipinski definition) is 6. The molecule has 3 N–H and O–H groups in total. The van der Waals surface area contributed by atoms with Crippen LogP contribution in [0.25, 0.3) is 0 Å². The van der Waals surface area contributed by atoms with Gasteiger partial charge in [0.05, 0.1) is 6.17 Å². The molecule has 8 heteroatoms. The number of fused-ring (bicyclic) bond motifs is 2. The third-order valence-electron chi connectivity index (χ3n) is 7.35. The fourth-order valence-corrected chi connectivity index (χ4v) is 5.62. The van der Waals surface area contributed by atoms with Gasteiger partial charge in [-0.25, -0.2) is 4.39 Å². The smallest absolute Gasteiger partial charge is 0.243 e. The zero-order valence-electron chi connectivity index (χ0n) is 18.0. The van der Waals surface area contributed by atoms with Crippen molar-refractivity contribution in [2.24, 2.45) is 0 Å². The lowest BCUT2D eigenvalue weighted by atomic mass is 9.95. The molecule has 3 saturated heterocycles. The number of rotatable bonds is 3. The lowest BCUT2D eigenvalue weighted by Crippen LogP contribution is -2.65. The minimum absolute atomic E-state index is 0.0160. The maximum atomic E-state index is 14.2. The maximum Gasteiger partial charge on any atom is 0.243 e. The SMILES string of the molecule is Cc1ccc(F)c2c1NC(C(=O)NC1CC(N3CCN(C)CC3)C3NCCN3C1)C2. The number of halogens is 1. The van der Waals surface area contributed by atoms with E-state index < -0.39 is 6.04 Å². The van der Waals surface area contributed by atoms with Crippen LogP contribution in [0.1, 0.15) is 17.5 Å². The van der Waals surface area contributed by atoms with Crippen molar-refractivity contribution < 1.29 is 9.18 Å². The third kappa shape index (κ3) is 3.70. The molecule has 4 unspecified atom stereocenters.